The Labute approximate surface area is 150 Å². The number of rotatable bonds is 4. The van der Waals surface area contributed by atoms with Crippen LogP contribution in [0.4, 0.5) is 11.6 Å². The Balaban J connectivity index is 1.53. The number of nitrogens with zero attached hydrogens (tertiary/aromatic N) is 5. The molecule has 0 aliphatic carbocycles. The number of fused-ring (bicyclic) bond motifs is 1. The minimum Gasteiger partial charge on any atom is -0.478 e. The number of anilines is 2. The monoisotopic (exact) mass is 352 g/mol. The first-order valence-electron chi connectivity index (χ1n) is 8.50. The van der Waals surface area contributed by atoms with Gasteiger partial charge in [-0.05, 0) is 11.6 Å². The second kappa shape index (κ2) is 6.64. The first kappa shape index (κ1) is 16.3. The molecule has 134 valence electrons. The van der Waals surface area contributed by atoms with E-state index in [1.54, 1.807) is 6.20 Å². The molecule has 3 N–H and O–H groups in total. The van der Waals surface area contributed by atoms with Crippen LogP contribution >= 0.6 is 0 Å². The summed E-state index contributed by atoms with van der Waals surface area (Å²) in [6, 6.07) is 11.9. The van der Waals surface area contributed by atoms with Gasteiger partial charge in [0.1, 0.15) is 0 Å². The van der Waals surface area contributed by atoms with Gasteiger partial charge in [-0.15, -0.1) is 5.10 Å². The van der Waals surface area contributed by atoms with Gasteiger partial charge in [-0.2, -0.15) is 4.98 Å². The van der Waals surface area contributed by atoms with E-state index in [0.717, 1.165) is 32.7 Å². The third kappa shape index (κ3) is 3.18. The average Bonchev–Trinajstić information content (AvgIpc) is 3.01. The van der Waals surface area contributed by atoms with Crippen LogP contribution in [0.1, 0.15) is 15.9 Å². The van der Waals surface area contributed by atoms with Crippen molar-refractivity contribution in [1.82, 2.24) is 19.5 Å². The normalized spacial score (nSPS) is 15.5. The van der Waals surface area contributed by atoms with E-state index in [2.05, 4.69) is 32.0 Å². The number of carboxylic acids is 1. The smallest absolute Gasteiger partial charge is 0.338 e. The number of nitrogen functional groups attached to an aromatic ring is 1. The number of carboxylic acid groups (broad SMARTS) is 1. The largest absolute Gasteiger partial charge is 0.478 e. The zero-order valence-corrected chi connectivity index (χ0v) is 14.2. The molecular weight excluding hydrogens is 332 g/mol. The Hall–Kier alpha value is -3.13. The summed E-state index contributed by atoms with van der Waals surface area (Å²) in [5.74, 6) is -0.845. The van der Waals surface area contributed by atoms with Crippen LogP contribution in [0, 0.1) is 0 Å². The molecule has 4 rings (SSSR count). The standard InChI is InChI=1S/C18H20N6O2/c19-18-20-16-10-14(17(25)26)15(12-24(16)21-18)23-8-6-22(7-9-23)11-13-4-2-1-3-5-13/h1-5,10,12H,6-9,11H2,(H2,19,21)(H,25,26). The third-order valence-electron chi connectivity index (χ3n) is 4.66. The lowest BCUT2D eigenvalue weighted by Gasteiger charge is -2.36. The predicted octanol–water partition coefficient (Wildman–Crippen LogP) is 1.33. The minimum absolute atomic E-state index is 0.131. The van der Waals surface area contributed by atoms with Crippen molar-refractivity contribution < 1.29 is 9.90 Å². The molecule has 0 radical (unpaired) electrons. The molecular formula is C18H20N6O2. The van der Waals surface area contributed by atoms with Gasteiger partial charge in [-0.25, -0.2) is 9.31 Å². The van der Waals surface area contributed by atoms with E-state index in [0.29, 0.717) is 11.3 Å². The lowest BCUT2D eigenvalue weighted by atomic mass is 10.1. The molecule has 1 saturated heterocycles. The Kier molecular flexibility index (Phi) is 4.18. The molecule has 1 aliphatic rings. The molecule has 0 unspecified atom stereocenters. The van der Waals surface area contributed by atoms with Crippen molar-refractivity contribution in [2.75, 3.05) is 36.8 Å². The zero-order valence-electron chi connectivity index (χ0n) is 14.2. The maximum absolute atomic E-state index is 11.7. The van der Waals surface area contributed by atoms with E-state index in [1.165, 1.54) is 16.1 Å². The molecule has 2 aromatic heterocycles. The SMILES string of the molecule is Nc1nc2cc(C(=O)O)c(N3CCN(Cc4ccccc4)CC3)cn2n1. The second-order valence-electron chi connectivity index (χ2n) is 6.40. The molecule has 3 heterocycles. The van der Waals surface area contributed by atoms with Gasteiger partial charge in [-0.1, -0.05) is 30.3 Å². The highest BCUT2D eigenvalue weighted by molar-refractivity contribution is 5.95. The van der Waals surface area contributed by atoms with Crippen LogP contribution in [0.5, 0.6) is 0 Å². The van der Waals surface area contributed by atoms with Crippen LogP contribution in [0.3, 0.4) is 0 Å². The summed E-state index contributed by atoms with van der Waals surface area (Å²) < 4.78 is 1.54. The third-order valence-corrected chi connectivity index (χ3v) is 4.66. The van der Waals surface area contributed by atoms with Crippen molar-refractivity contribution in [3.05, 3.63) is 53.7 Å². The minimum atomic E-state index is -0.976. The van der Waals surface area contributed by atoms with Gasteiger partial charge in [0.2, 0.25) is 5.95 Å². The highest BCUT2D eigenvalue weighted by Crippen LogP contribution is 2.24. The van der Waals surface area contributed by atoms with Gasteiger partial charge < -0.3 is 15.7 Å². The van der Waals surface area contributed by atoms with Crippen molar-refractivity contribution in [1.29, 1.82) is 0 Å². The van der Waals surface area contributed by atoms with E-state index in [-0.39, 0.29) is 11.5 Å². The van der Waals surface area contributed by atoms with E-state index in [4.69, 9.17) is 5.73 Å². The molecule has 8 heteroatoms. The molecule has 1 fully saturated rings. The molecule has 0 atom stereocenters. The summed E-state index contributed by atoms with van der Waals surface area (Å²) >= 11 is 0. The molecule has 8 nitrogen and oxygen atoms in total. The van der Waals surface area contributed by atoms with Gasteiger partial charge in [0.15, 0.2) is 5.65 Å². The van der Waals surface area contributed by atoms with Crippen LogP contribution in [-0.2, 0) is 6.54 Å². The Bertz CT molecular complexity index is 932. The number of carbonyl (C=O) groups is 1. The van der Waals surface area contributed by atoms with Crippen LogP contribution in [0.15, 0.2) is 42.6 Å². The average molecular weight is 352 g/mol. The highest BCUT2D eigenvalue weighted by atomic mass is 16.4. The second-order valence-corrected chi connectivity index (χ2v) is 6.40. The number of nitrogens with two attached hydrogens (primary N) is 1. The highest BCUT2D eigenvalue weighted by Gasteiger charge is 2.23. The number of hydrogen-bond acceptors (Lipinski definition) is 6. The number of pyridine rings is 1. The molecule has 0 spiro atoms. The van der Waals surface area contributed by atoms with Gasteiger partial charge in [-0.3, -0.25) is 4.90 Å². The summed E-state index contributed by atoms with van der Waals surface area (Å²) in [7, 11) is 0. The van der Waals surface area contributed by atoms with Crippen molar-refractivity contribution in [2.24, 2.45) is 0 Å². The Morgan fingerprint density at radius 1 is 1.15 bits per heavy atom. The Morgan fingerprint density at radius 2 is 1.88 bits per heavy atom. The van der Waals surface area contributed by atoms with Crippen LogP contribution in [0.25, 0.3) is 5.65 Å². The van der Waals surface area contributed by atoms with Crippen molar-refractivity contribution in [3.8, 4) is 0 Å². The number of piperazine rings is 1. The first-order valence-corrected chi connectivity index (χ1v) is 8.50. The zero-order chi connectivity index (χ0) is 18.1. The summed E-state index contributed by atoms with van der Waals surface area (Å²) in [5, 5.41) is 13.7. The predicted molar refractivity (Wildman–Crippen MR) is 98.3 cm³/mol. The molecule has 0 saturated carbocycles. The molecule has 1 aromatic carbocycles. The maximum atomic E-state index is 11.7. The molecule has 0 bridgehead atoms. The van der Waals surface area contributed by atoms with Gasteiger partial charge >= 0.3 is 5.97 Å². The van der Waals surface area contributed by atoms with E-state index >= 15 is 0 Å². The number of aromatic nitrogens is 3. The van der Waals surface area contributed by atoms with Crippen molar-refractivity contribution in [2.45, 2.75) is 6.54 Å². The summed E-state index contributed by atoms with van der Waals surface area (Å²) in [6.07, 6.45) is 1.70. The Morgan fingerprint density at radius 3 is 2.58 bits per heavy atom. The van der Waals surface area contributed by atoms with Crippen LogP contribution < -0.4 is 10.6 Å². The summed E-state index contributed by atoms with van der Waals surface area (Å²) in [4.78, 5) is 20.2. The lowest BCUT2D eigenvalue weighted by Crippen LogP contribution is -2.46. The summed E-state index contributed by atoms with van der Waals surface area (Å²) in [5.41, 5.74) is 8.22. The number of aromatic carboxylic acids is 1. The van der Waals surface area contributed by atoms with E-state index < -0.39 is 5.97 Å². The van der Waals surface area contributed by atoms with Gasteiger partial charge in [0, 0.05) is 32.7 Å². The van der Waals surface area contributed by atoms with Crippen molar-refractivity contribution in [3.63, 3.8) is 0 Å². The van der Waals surface area contributed by atoms with E-state index in [1.807, 2.05) is 18.2 Å². The lowest BCUT2D eigenvalue weighted by molar-refractivity contribution is 0.0697. The quantitative estimate of drug-likeness (QED) is 0.731. The molecule has 3 aromatic rings. The molecule has 0 amide bonds. The van der Waals surface area contributed by atoms with Gasteiger partial charge in [0.25, 0.3) is 0 Å². The van der Waals surface area contributed by atoms with Gasteiger partial charge in [0.05, 0.1) is 17.4 Å². The summed E-state index contributed by atoms with van der Waals surface area (Å²) in [6.45, 7) is 4.14. The first-order chi connectivity index (χ1) is 12.6. The number of hydrogen-bond donors (Lipinski definition) is 2. The van der Waals surface area contributed by atoms with Crippen LogP contribution in [0.2, 0.25) is 0 Å². The van der Waals surface area contributed by atoms with E-state index in [9.17, 15) is 9.90 Å². The number of benzene rings is 1. The fraction of sp³-hybridized carbons (Fsp3) is 0.278. The molecule has 1 aliphatic heterocycles. The topological polar surface area (TPSA) is 100.0 Å². The fourth-order valence-corrected chi connectivity index (χ4v) is 3.35. The van der Waals surface area contributed by atoms with Crippen molar-refractivity contribution >= 4 is 23.3 Å². The molecule has 26 heavy (non-hydrogen) atoms. The maximum Gasteiger partial charge on any atom is 0.338 e. The fourth-order valence-electron chi connectivity index (χ4n) is 3.35. The van der Waals surface area contributed by atoms with Crippen LogP contribution in [-0.4, -0.2) is 56.8 Å².